The van der Waals surface area contributed by atoms with Gasteiger partial charge in [0, 0.05) is 18.2 Å². The summed E-state index contributed by atoms with van der Waals surface area (Å²) in [6.45, 7) is 5.54. The maximum absolute atomic E-state index is 13.3. The zero-order valence-electron chi connectivity index (χ0n) is 15.9. The molecule has 0 spiro atoms. The van der Waals surface area contributed by atoms with Crippen LogP contribution >= 0.6 is 0 Å². The average Bonchev–Trinajstić information content (AvgIpc) is 2.62. The lowest BCUT2D eigenvalue weighted by molar-refractivity contribution is -0.00242. The summed E-state index contributed by atoms with van der Waals surface area (Å²) in [5.74, 6) is 0.722. The van der Waals surface area contributed by atoms with Gasteiger partial charge in [-0.2, -0.15) is 0 Å². The summed E-state index contributed by atoms with van der Waals surface area (Å²) in [6, 6.07) is 7.82. The highest BCUT2D eigenvalue weighted by Crippen LogP contribution is 2.53. The minimum Gasteiger partial charge on any atom is -0.335 e. The minimum atomic E-state index is 0.117. The fourth-order valence-electron chi connectivity index (χ4n) is 5.09. The van der Waals surface area contributed by atoms with Crippen LogP contribution in [0.25, 0.3) is 0 Å². The van der Waals surface area contributed by atoms with Gasteiger partial charge in [0.05, 0.1) is 12.8 Å². The average molecular weight is 352 g/mol. The molecule has 1 saturated carbocycles. The fraction of sp³-hybridized carbons (Fsp3) is 0.500. The fourth-order valence-corrected chi connectivity index (χ4v) is 5.09. The standard InChI is InChI=1S/C22H28N2O2/c1-22(2)19-12-13-24(20(22)14-16-6-4-5-7-18(16)19)21(25)15-8-10-17(11-9-15)23-26-3/h6-11,19-20,23H,4-5,12-14H2,1-3H3/t19-,20+/m0/s1. The zero-order valence-corrected chi connectivity index (χ0v) is 15.9. The molecular weight excluding hydrogens is 324 g/mol. The van der Waals surface area contributed by atoms with Crippen molar-refractivity contribution in [3.8, 4) is 0 Å². The Balaban J connectivity index is 1.61. The number of nitrogens with one attached hydrogen (secondary N) is 1. The van der Waals surface area contributed by atoms with Crippen molar-refractivity contribution >= 4 is 11.6 Å². The first-order chi connectivity index (χ1) is 12.5. The summed E-state index contributed by atoms with van der Waals surface area (Å²) in [7, 11) is 1.58. The molecule has 4 rings (SSSR count). The topological polar surface area (TPSA) is 41.6 Å². The molecule has 1 aliphatic heterocycles. The normalized spacial score (nSPS) is 26.5. The summed E-state index contributed by atoms with van der Waals surface area (Å²) in [5, 5.41) is 0. The second kappa shape index (κ2) is 6.58. The van der Waals surface area contributed by atoms with Gasteiger partial charge in [0.25, 0.3) is 5.91 Å². The highest BCUT2D eigenvalue weighted by Gasteiger charge is 2.51. The van der Waals surface area contributed by atoms with E-state index >= 15 is 0 Å². The Hall–Kier alpha value is -2.07. The molecule has 1 N–H and O–H groups in total. The van der Waals surface area contributed by atoms with Gasteiger partial charge in [-0.3, -0.25) is 15.1 Å². The summed E-state index contributed by atoms with van der Waals surface area (Å²) in [6.07, 6.45) is 9.22. The van der Waals surface area contributed by atoms with Crippen LogP contribution in [0.4, 0.5) is 5.69 Å². The summed E-state index contributed by atoms with van der Waals surface area (Å²) in [5.41, 5.74) is 7.57. The molecule has 3 aliphatic rings. The van der Waals surface area contributed by atoms with Crippen LogP contribution in [0.1, 0.15) is 49.9 Å². The van der Waals surface area contributed by atoms with Crippen molar-refractivity contribution in [2.75, 3.05) is 19.1 Å². The maximum Gasteiger partial charge on any atom is 0.254 e. The van der Waals surface area contributed by atoms with Crippen LogP contribution in [0.5, 0.6) is 0 Å². The molecule has 2 atom stereocenters. The quantitative estimate of drug-likeness (QED) is 0.811. The zero-order chi connectivity index (χ0) is 18.3. The van der Waals surface area contributed by atoms with Crippen LogP contribution in [0.2, 0.25) is 0 Å². The van der Waals surface area contributed by atoms with Gasteiger partial charge in [-0.25, -0.2) is 0 Å². The Kier molecular flexibility index (Phi) is 4.39. The molecule has 2 fully saturated rings. The highest BCUT2D eigenvalue weighted by atomic mass is 16.6. The number of nitrogens with zero attached hydrogens (tertiary/aromatic N) is 1. The summed E-state index contributed by atoms with van der Waals surface area (Å²) >= 11 is 0. The molecule has 138 valence electrons. The van der Waals surface area contributed by atoms with E-state index < -0.39 is 0 Å². The predicted molar refractivity (Wildman–Crippen MR) is 104 cm³/mol. The Labute approximate surface area is 155 Å². The molecule has 0 aromatic heterocycles. The van der Waals surface area contributed by atoms with Gasteiger partial charge in [0.15, 0.2) is 0 Å². The summed E-state index contributed by atoms with van der Waals surface area (Å²) in [4.78, 5) is 20.3. The van der Waals surface area contributed by atoms with Gasteiger partial charge >= 0.3 is 0 Å². The molecule has 1 aromatic carbocycles. The minimum absolute atomic E-state index is 0.117. The number of benzene rings is 1. The molecule has 4 nitrogen and oxygen atoms in total. The van der Waals surface area contributed by atoms with Gasteiger partial charge in [0.2, 0.25) is 0 Å². The van der Waals surface area contributed by atoms with E-state index in [0.29, 0.717) is 5.92 Å². The molecule has 4 heteroatoms. The number of piperidine rings is 1. The van der Waals surface area contributed by atoms with Gasteiger partial charge in [-0.1, -0.05) is 26.0 Å². The van der Waals surface area contributed by atoms with Crippen LogP contribution in [0.3, 0.4) is 0 Å². The third-order valence-corrected chi connectivity index (χ3v) is 6.49. The number of allylic oxidation sites excluding steroid dienone is 3. The van der Waals surface area contributed by atoms with Crippen LogP contribution < -0.4 is 5.48 Å². The Morgan fingerprint density at radius 3 is 2.65 bits per heavy atom. The van der Waals surface area contributed by atoms with Crippen molar-refractivity contribution < 1.29 is 9.63 Å². The number of anilines is 1. The van der Waals surface area contributed by atoms with Crippen LogP contribution in [0.15, 0.2) is 47.6 Å². The second-order valence-electron chi connectivity index (χ2n) is 8.23. The van der Waals surface area contributed by atoms with E-state index in [1.807, 2.05) is 24.3 Å². The Morgan fingerprint density at radius 2 is 1.92 bits per heavy atom. The van der Waals surface area contributed by atoms with Crippen LogP contribution in [-0.2, 0) is 4.84 Å². The highest BCUT2D eigenvalue weighted by molar-refractivity contribution is 5.95. The van der Waals surface area contributed by atoms with Gasteiger partial charge in [0.1, 0.15) is 0 Å². The van der Waals surface area contributed by atoms with Gasteiger partial charge in [-0.15, -0.1) is 0 Å². The van der Waals surface area contributed by atoms with E-state index in [9.17, 15) is 4.79 Å². The smallest absolute Gasteiger partial charge is 0.254 e. The monoisotopic (exact) mass is 352 g/mol. The third kappa shape index (κ3) is 2.77. The van der Waals surface area contributed by atoms with Crippen molar-refractivity contribution in [3.05, 3.63) is 53.1 Å². The lowest BCUT2D eigenvalue weighted by atomic mass is 9.57. The molecule has 1 aromatic rings. The number of hydrogen-bond donors (Lipinski definition) is 1. The van der Waals surface area contributed by atoms with Crippen molar-refractivity contribution in [2.24, 2.45) is 11.3 Å². The number of amides is 1. The molecule has 1 saturated heterocycles. The SMILES string of the molecule is CONc1ccc(C(=O)N2CC[C@H]3C4=CCCC=C4C[C@@H]2C3(C)C)cc1. The Morgan fingerprint density at radius 1 is 1.19 bits per heavy atom. The molecule has 2 bridgehead atoms. The van der Waals surface area contributed by atoms with Crippen molar-refractivity contribution in [2.45, 2.75) is 45.6 Å². The molecule has 0 radical (unpaired) electrons. The molecule has 26 heavy (non-hydrogen) atoms. The largest absolute Gasteiger partial charge is 0.335 e. The van der Waals surface area contributed by atoms with E-state index in [0.717, 1.165) is 37.1 Å². The van der Waals surface area contributed by atoms with E-state index in [4.69, 9.17) is 4.84 Å². The summed E-state index contributed by atoms with van der Waals surface area (Å²) < 4.78 is 0. The molecule has 0 unspecified atom stereocenters. The van der Waals surface area contributed by atoms with E-state index in [2.05, 4.69) is 36.4 Å². The first-order valence-electron chi connectivity index (χ1n) is 9.62. The number of likely N-dealkylation sites (tertiary alicyclic amines) is 1. The van der Waals surface area contributed by atoms with Crippen molar-refractivity contribution in [1.82, 2.24) is 4.90 Å². The van der Waals surface area contributed by atoms with Crippen molar-refractivity contribution in [1.29, 1.82) is 0 Å². The number of carbonyl (C=O) groups is 1. The molecule has 1 amide bonds. The maximum atomic E-state index is 13.3. The van der Waals surface area contributed by atoms with E-state index in [1.165, 1.54) is 12.0 Å². The van der Waals surface area contributed by atoms with Gasteiger partial charge in [-0.05, 0) is 72.4 Å². The third-order valence-electron chi connectivity index (χ3n) is 6.49. The molecular formula is C22H28N2O2. The first-order valence-corrected chi connectivity index (χ1v) is 9.62. The van der Waals surface area contributed by atoms with Crippen LogP contribution in [-0.4, -0.2) is 30.5 Å². The lowest BCUT2D eigenvalue weighted by Crippen LogP contribution is -2.59. The first kappa shape index (κ1) is 17.3. The molecule has 1 heterocycles. The van der Waals surface area contributed by atoms with Crippen molar-refractivity contribution in [3.63, 3.8) is 0 Å². The van der Waals surface area contributed by atoms with E-state index in [1.54, 1.807) is 12.7 Å². The number of rotatable bonds is 3. The Bertz CT molecular complexity index is 761. The van der Waals surface area contributed by atoms with Crippen LogP contribution in [0, 0.1) is 11.3 Å². The number of hydrogen-bond acceptors (Lipinski definition) is 3. The molecule has 2 aliphatic carbocycles. The van der Waals surface area contributed by atoms with Gasteiger partial charge < -0.3 is 4.90 Å². The lowest BCUT2D eigenvalue weighted by Gasteiger charge is -2.56. The van der Waals surface area contributed by atoms with E-state index in [-0.39, 0.29) is 17.4 Å². The number of carbonyl (C=O) groups excluding carboxylic acids is 1. The predicted octanol–water partition coefficient (Wildman–Crippen LogP) is 4.57. The second-order valence-corrected chi connectivity index (χ2v) is 8.23. The number of fused-ring (bicyclic) bond motifs is 4.